The zero-order chi connectivity index (χ0) is 14.9. The fourth-order valence-electron chi connectivity index (χ4n) is 1.91. The van der Waals surface area contributed by atoms with E-state index < -0.39 is 11.6 Å². The van der Waals surface area contributed by atoms with Gasteiger partial charge in [0.05, 0.1) is 5.56 Å². The number of ether oxygens (including phenoxy) is 1. The number of carboxylic acid groups (broad SMARTS) is 1. The van der Waals surface area contributed by atoms with E-state index in [2.05, 4.69) is 4.98 Å². The molecular weight excluding hydrogens is 260 g/mol. The highest BCUT2D eigenvalue weighted by molar-refractivity contribution is 5.87. The molecule has 1 aliphatic heterocycles. The Bertz CT molecular complexity index is 513. The molecule has 1 aromatic heterocycles. The lowest BCUT2D eigenvalue weighted by Crippen LogP contribution is -2.50. The van der Waals surface area contributed by atoms with Crippen molar-refractivity contribution >= 4 is 12.1 Å². The Morgan fingerprint density at radius 1 is 1.35 bits per heavy atom. The van der Waals surface area contributed by atoms with Crippen molar-refractivity contribution in [3.05, 3.63) is 29.6 Å². The Kier molecular flexibility index (Phi) is 3.65. The summed E-state index contributed by atoms with van der Waals surface area (Å²) in [5.41, 5.74) is 0.468. The van der Waals surface area contributed by atoms with Gasteiger partial charge in [-0.3, -0.25) is 4.98 Å². The highest BCUT2D eigenvalue weighted by Crippen LogP contribution is 2.27. The Morgan fingerprint density at radius 2 is 2.00 bits per heavy atom. The molecule has 20 heavy (non-hydrogen) atoms. The Morgan fingerprint density at radius 3 is 2.45 bits per heavy atom. The molecule has 1 aromatic rings. The van der Waals surface area contributed by atoms with Gasteiger partial charge >= 0.3 is 12.1 Å². The summed E-state index contributed by atoms with van der Waals surface area (Å²) in [6.07, 6.45) is 1.02. The molecule has 6 heteroatoms. The molecule has 0 saturated carbocycles. The third kappa shape index (κ3) is 3.26. The molecule has 1 fully saturated rings. The van der Waals surface area contributed by atoms with Gasteiger partial charge in [0.25, 0.3) is 0 Å². The summed E-state index contributed by atoms with van der Waals surface area (Å²) in [7, 11) is 0. The van der Waals surface area contributed by atoms with Crippen LogP contribution in [0, 0.1) is 0 Å². The summed E-state index contributed by atoms with van der Waals surface area (Å²) in [4.78, 5) is 28.2. The minimum Gasteiger partial charge on any atom is -0.478 e. The van der Waals surface area contributed by atoms with Gasteiger partial charge in [-0.2, -0.15) is 0 Å². The van der Waals surface area contributed by atoms with E-state index in [0.29, 0.717) is 13.1 Å². The number of hydrogen-bond acceptors (Lipinski definition) is 4. The van der Waals surface area contributed by atoms with Gasteiger partial charge in [0.2, 0.25) is 0 Å². The number of pyridine rings is 1. The molecule has 0 unspecified atom stereocenters. The molecule has 0 bridgehead atoms. The molecule has 0 spiro atoms. The zero-order valence-electron chi connectivity index (χ0n) is 11.8. The molecule has 2 heterocycles. The third-order valence-corrected chi connectivity index (χ3v) is 2.98. The van der Waals surface area contributed by atoms with Crippen LogP contribution >= 0.6 is 0 Å². The van der Waals surface area contributed by atoms with Gasteiger partial charge < -0.3 is 14.7 Å². The molecule has 2 rings (SSSR count). The molecule has 0 aliphatic carbocycles. The van der Waals surface area contributed by atoms with Gasteiger partial charge in [-0.1, -0.05) is 0 Å². The number of aromatic carboxylic acids is 1. The van der Waals surface area contributed by atoms with Crippen LogP contribution < -0.4 is 0 Å². The van der Waals surface area contributed by atoms with E-state index in [1.165, 1.54) is 12.3 Å². The van der Waals surface area contributed by atoms with Crippen molar-refractivity contribution in [2.24, 2.45) is 0 Å². The largest absolute Gasteiger partial charge is 0.478 e. The molecular formula is C14H18N2O4. The van der Waals surface area contributed by atoms with Crippen LogP contribution in [0.3, 0.4) is 0 Å². The molecule has 1 saturated heterocycles. The molecule has 1 aliphatic rings. The maximum absolute atomic E-state index is 11.8. The lowest BCUT2D eigenvalue weighted by molar-refractivity contribution is 0.00787. The molecule has 6 nitrogen and oxygen atoms in total. The van der Waals surface area contributed by atoms with Gasteiger partial charge in [-0.25, -0.2) is 9.59 Å². The van der Waals surface area contributed by atoms with Gasteiger partial charge in [0, 0.05) is 30.9 Å². The summed E-state index contributed by atoms with van der Waals surface area (Å²) in [6.45, 7) is 6.58. The predicted molar refractivity (Wildman–Crippen MR) is 71.7 cm³/mol. The highest BCUT2D eigenvalue weighted by atomic mass is 16.6. The first-order valence-corrected chi connectivity index (χ1v) is 6.43. The smallest absolute Gasteiger partial charge is 0.410 e. The number of hydrogen-bond donors (Lipinski definition) is 1. The molecule has 1 amide bonds. The summed E-state index contributed by atoms with van der Waals surface area (Å²) in [6, 6.07) is 3.22. The Hall–Kier alpha value is -2.11. The number of aromatic nitrogens is 1. The van der Waals surface area contributed by atoms with E-state index >= 15 is 0 Å². The SMILES string of the molecule is CC(C)(C)OC(=O)N1CC(c2ccc(C(=O)O)cn2)C1. The normalized spacial score (nSPS) is 15.7. The van der Waals surface area contributed by atoms with E-state index in [1.807, 2.05) is 20.8 Å². The maximum atomic E-state index is 11.8. The van der Waals surface area contributed by atoms with Crippen LogP contribution in [0.4, 0.5) is 4.79 Å². The number of nitrogens with zero attached hydrogens (tertiary/aromatic N) is 2. The van der Waals surface area contributed by atoms with Crippen molar-refractivity contribution in [1.82, 2.24) is 9.88 Å². The summed E-state index contributed by atoms with van der Waals surface area (Å²) < 4.78 is 5.27. The second kappa shape index (κ2) is 5.11. The highest BCUT2D eigenvalue weighted by Gasteiger charge is 2.35. The molecule has 1 N–H and O–H groups in total. The molecule has 108 valence electrons. The lowest BCUT2D eigenvalue weighted by Gasteiger charge is -2.39. The van der Waals surface area contributed by atoms with E-state index in [0.717, 1.165) is 5.69 Å². The minimum atomic E-state index is -0.993. The maximum Gasteiger partial charge on any atom is 0.410 e. The van der Waals surface area contributed by atoms with Gasteiger partial charge in [0.15, 0.2) is 0 Å². The fourth-order valence-corrected chi connectivity index (χ4v) is 1.91. The van der Waals surface area contributed by atoms with E-state index in [1.54, 1.807) is 11.0 Å². The minimum absolute atomic E-state index is 0.144. The number of carboxylic acids is 1. The zero-order valence-corrected chi connectivity index (χ0v) is 11.8. The van der Waals surface area contributed by atoms with Crippen molar-refractivity contribution in [1.29, 1.82) is 0 Å². The van der Waals surface area contributed by atoms with Crippen LogP contribution in [0.5, 0.6) is 0 Å². The van der Waals surface area contributed by atoms with Crippen LogP contribution in [-0.4, -0.2) is 45.7 Å². The monoisotopic (exact) mass is 278 g/mol. The van der Waals surface area contributed by atoms with Crippen LogP contribution in [0.1, 0.15) is 42.7 Å². The Balaban J connectivity index is 1.90. The Labute approximate surface area is 117 Å². The van der Waals surface area contributed by atoms with Crippen molar-refractivity contribution in [2.45, 2.75) is 32.3 Å². The number of carbonyl (C=O) groups is 2. The van der Waals surface area contributed by atoms with Gasteiger partial charge in [0.1, 0.15) is 5.60 Å². The first-order valence-electron chi connectivity index (χ1n) is 6.43. The van der Waals surface area contributed by atoms with Gasteiger partial charge in [-0.05, 0) is 32.9 Å². The van der Waals surface area contributed by atoms with Crippen LogP contribution in [0.25, 0.3) is 0 Å². The molecule has 0 atom stereocenters. The quantitative estimate of drug-likeness (QED) is 0.896. The standard InChI is InChI=1S/C14H18N2O4/c1-14(2,3)20-13(19)16-7-10(8-16)11-5-4-9(6-15-11)12(17)18/h4-6,10H,7-8H2,1-3H3,(H,17,18). The first-order chi connectivity index (χ1) is 9.26. The average molecular weight is 278 g/mol. The van der Waals surface area contributed by atoms with E-state index in [9.17, 15) is 9.59 Å². The van der Waals surface area contributed by atoms with Crippen LogP contribution in [0.15, 0.2) is 18.3 Å². The average Bonchev–Trinajstić information content (AvgIpc) is 2.25. The first kappa shape index (κ1) is 14.3. The fraction of sp³-hybridized carbons (Fsp3) is 0.500. The lowest BCUT2D eigenvalue weighted by atomic mass is 9.96. The summed E-state index contributed by atoms with van der Waals surface area (Å²) >= 11 is 0. The second-order valence-electron chi connectivity index (χ2n) is 5.86. The number of rotatable bonds is 2. The van der Waals surface area contributed by atoms with Gasteiger partial charge in [-0.15, -0.1) is 0 Å². The van der Waals surface area contributed by atoms with Crippen LogP contribution in [-0.2, 0) is 4.74 Å². The van der Waals surface area contributed by atoms with Crippen LogP contribution in [0.2, 0.25) is 0 Å². The summed E-state index contributed by atoms with van der Waals surface area (Å²) in [5, 5.41) is 8.80. The number of likely N-dealkylation sites (tertiary alicyclic amines) is 1. The summed E-state index contributed by atoms with van der Waals surface area (Å²) in [5.74, 6) is -0.849. The van der Waals surface area contributed by atoms with Crippen molar-refractivity contribution in [3.8, 4) is 0 Å². The second-order valence-corrected chi connectivity index (χ2v) is 5.86. The third-order valence-electron chi connectivity index (χ3n) is 2.98. The molecule has 0 aromatic carbocycles. The van der Waals surface area contributed by atoms with Crippen molar-refractivity contribution < 1.29 is 19.4 Å². The van der Waals surface area contributed by atoms with E-state index in [4.69, 9.17) is 9.84 Å². The number of carbonyl (C=O) groups excluding carboxylic acids is 1. The van der Waals surface area contributed by atoms with Crippen molar-refractivity contribution in [3.63, 3.8) is 0 Å². The van der Waals surface area contributed by atoms with Crippen molar-refractivity contribution in [2.75, 3.05) is 13.1 Å². The predicted octanol–water partition coefficient (Wildman–Crippen LogP) is 2.11. The number of amides is 1. The molecule has 0 radical (unpaired) electrons. The topological polar surface area (TPSA) is 79.7 Å². The van der Waals surface area contributed by atoms with E-state index in [-0.39, 0.29) is 17.6 Å².